The minimum Gasteiger partial charge on any atom is -0.380 e. The summed E-state index contributed by atoms with van der Waals surface area (Å²) in [5.74, 6) is -0.359. The van der Waals surface area contributed by atoms with Crippen LogP contribution < -0.4 is 0 Å². The first kappa shape index (κ1) is 15.5. The van der Waals surface area contributed by atoms with Crippen molar-refractivity contribution >= 4 is 5.91 Å². The van der Waals surface area contributed by atoms with Crippen molar-refractivity contribution in [3.63, 3.8) is 0 Å². The summed E-state index contributed by atoms with van der Waals surface area (Å²) in [7, 11) is 0. The van der Waals surface area contributed by atoms with E-state index in [1.807, 2.05) is 6.92 Å². The number of nitrogens with zero attached hydrogens (tertiary/aromatic N) is 5. The molecule has 23 heavy (non-hydrogen) atoms. The largest absolute Gasteiger partial charge is 0.380 e. The van der Waals surface area contributed by atoms with Gasteiger partial charge < -0.3 is 9.64 Å². The molecule has 2 aromatic rings. The van der Waals surface area contributed by atoms with Crippen molar-refractivity contribution in [3.05, 3.63) is 35.4 Å². The number of aryl methyl sites for hydroxylation is 1. The average molecular weight is 319 g/mol. The molecule has 1 aromatic heterocycles. The van der Waals surface area contributed by atoms with E-state index >= 15 is 0 Å². The second-order valence-electron chi connectivity index (χ2n) is 5.55. The van der Waals surface area contributed by atoms with E-state index in [9.17, 15) is 9.18 Å². The molecule has 1 aliphatic heterocycles. The summed E-state index contributed by atoms with van der Waals surface area (Å²) in [6, 6.07) is 4.41. The minimum atomic E-state index is -0.584. The summed E-state index contributed by atoms with van der Waals surface area (Å²) in [5, 5.41) is 11.1. The lowest BCUT2D eigenvalue weighted by Crippen LogP contribution is -2.39. The van der Waals surface area contributed by atoms with Crippen molar-refractivity contribution in [1.29, 1.82) is 0 Å². The third-order valence-corrected chi connectivity index (χ3v) is 4.00. The number of aromatic nitrogens is 4. The number of carbonyl (C=O) groups excluding carboxylic acids is 1. The second kappa shape index (κ2) is 6.41. The van der Waals surface area contributed by atoms with E-state index in [0.29, 0.717) is 31.3 Å². The van der Waals surface area contributed by atoms with Crippen molar-refractivity contribution < 1.29 is 13.9 Å². The Labute approximate surface area is 133 Å². The van der Waals surface area contributed by atoms with E-state index in [1.165, 1.54) is 16.8 Å². The van der Waals surface area contributed by atoms with Crippen LogP contribution in [-0.4, -0.2) is 56.8 Å². The maximum atomic E-state index is 14.4. The van der Waals surface area contributed by atoms with Crippen LogP contribution in [-0.2, 0) is 4.74 Å². The summed E-state index contributed by atoms with van der Waals surface area (Å²) in [6.45, 7) is 5.22. The Kier molecular flexibility index (Phi) is 4.33. The zero-order valence-corrected chi connectivity index (χ0v) is 13.1. The molecule has 1 amide bonds. The highest BCUT2D eigenvalue weighted by Gasteiger charge is 2.25. The third-order valence-electron chi connectivity index (χ3n) is 4.00. The molecule has 1 aliphatic rings. The van der Waals surface area contributed by atoms with Gasteiger partial charge in [-0.3, -0.25) is 4.79 Å². The fourth-order valence-electron chi connectivity index (χ4n) is 2.63. The Morgan fingerprint density at radius 3 is 2.91 bits per heavy atom. The molecule has 1 unspecified atom stereocenters. The molecule has 1 fully saturated rings. The number of carbonyl (C=O) groups is 1. The number of tetrazole rings is 1. The lowest BCUT2D eigenvalue weighted by molar-refractivity contribution is 0.0682. The monoisotopic (exact) mass is 319 g/mol. The lowest BCUT2D eigenvalue weighted by atomic mass is 10.1. The molecule has 2 heterocycles. The smallest absolute Gasteiger partial charge is 0.257 e. The Hall–Kier alpha value is -2.35. The Bertz CT molecular complexity index is 718. The standard InChI is InChI=1S/C15H18FN5O2/c1-10-5-7-23-8-6-20(10)15(22)13-4-3-12(9-14(13)16)21-11(2)17-18-19-21/h3-4,9-10H,5-8H2,1-2H3. The zero-order valence-electron chi connectivity index (χ0n) is 13.1. The average Bonchev–Trinajstić information content (AvgIpc) is 2.84. The first-order valence-corrected chi connectivity index (χ1v) is 7.51. The molecule has 1 saturated heterocycles. The third kappa shape index (κ3) is 3.07. The molecule has 0 radical (unpaired) electrons. The summed E-state index contributed by atoms with van der Waals surface area (Å²) in [4.78, 5) is 14.3. The summed E-state index contributed by atoms with van der Waals surface area (Å²) in [6.07, 6.45) is 0.745. The fraction of sp³-hybridized carbons (Fsp3) is 0.467. The van der Waals surface area contributed by atoms with Gasteiger partial charge in [-0.05, 0) is 42.8 Å². The molecule has 3 rings (SSSR count). The summed E-state index contributed by atoms with van der Waals surface area (Å²) >= 11 is 0. The summed E-state index contributed by atoms with van der Waals surface area (Å²) < 4.78 is 21.2. The van der Waals surface area contributed by atoms with Crippen LogP contribution in [0.2, 0.25) is 0 Å². The molecule has 0 N–H and O–H groups in total. The van der Waals surface area contributed by atoms with Gasteiger partial charge in [0.05, 0.1) is 17.9 Å². The molecule has 122 valence electrons. The van der Waals surface area contributed by atoms with E-state index in [-0.39, 0.29) is 17.5 Å². The molecular weight excluding hydrogens is 301 g/mol. The lowest BCUT2D eigenvalue weighted by Gasteiger charge is -2.26. The zero-order chi connectivity index (χ0) is 16.4. The molecular formula is C15H18FN5O2. The Morgan fingerprint density at radius 1 is 1.39 bits per heavy atom. The first-order valence-electron chi connectivity index (χ1n) is 7.51. The number of amides is 1. The minimum absolute atomic E-state index is 0.0193. The molecule has 0 saturated carbocycles. The van der Waals surface area contributed by atoms with Crippen LogP contribution in [0, 0.1) is 12.7 Å². The number of hydrogen-bond acceptors (Lipinski definition) is 5. The number of benzene rings is 1. The van der Waals surface area contributed by atoms with E-state index in [1.54, 1.807) is 17.9 Å². The summed E-state index contributed by atoms with van der Waals surface area (Å²) in [5.41, 5.74) is 0.530. The highest BCUT2D eigenvalue weighted by Crippen LogP contribution is 2.19. The van der Waals surface area contributed by atoms with Crippen LogP contribution >= 0.6 is 0 Å². The topological polar surface area (TPSA) is 73.1 Å². The van der Waals surface area contributed by atoms with Crippen LogP contribution in [0.25, 0.3) is 5.69 Å². The predicted octanol–water partition coefficient (Wildman–Crippen LogP) is 1.36. The van der Waals surface area contributed by atoms with Gasteiger partial charge in [0.2, 0.25) is 0 Å². The van der Waals surface area contributed by atoms with Gasteiger partial charge in [0.15, 0.2) is 5.82 Å². The van der Waals surface area contributed by atoms with Crippen LogP contribution in [0.15, 0.2) is 18.2 Å². The van der Waals surface area contributed by atoms with Crippen molar-refractivity contribution in [3.8, 4) is 5.69 Å². The number of ether oxygens (including phenoxy) is 1. The van der Waals surface area contributed by atoms with Crippen LogP contribution in [0.3, 0.4) is 0 Å². The Balaban J connectivity index is 1.88. The molecule has 1 aromatic carbocycles. The fourth-order valence-corrected chi connectivity index (χ4v) is 2.63. The van der Waals surface area contributed by atoms with Crippen molar-refractivity contribution in [1.82, 2.24) is 25.1 Å². The van der Waals surface area contributed by atoms with E-state index in [2.05, 4.69) is 15.5 Å². The van der Waals surface area contributed by atoms with E-state index in [0.717, 1.165) is 6.42 Å². The quantitative estimate of drug-likeness (QED) is 0.836. The number of rotatable bonds is 2. The van der Waals surface area contributed by atoms with Crippen LogP contribution in [0.1, 0.15) is 29.5 Å². The van der Waals surface area contributed by atoms with Gasteiger partial charge in [-0.2, -0.15) is 4.68 Å². The Morgan fingerprint density at radius 2 is 2.22 bits per heavy atom. The van der Waals surface area contributed by atoms with Crippen LogP contribution in [0.5, 0.6) is 0 Å². The van der Waals surface area contributed by atoms with Gasteiger partial charge in [0.25, 0.3) is 5.91 Å². The van der Waals surface area contributed by atoms with E-state index < -0.39 is 5.82 Å². The van der Waals surface area contributed by atoms with Crippen LogP contribution in [0.4, 0.5) is 4.39 Å². The van der Waals surface area contributed by atoms with Gasteiger partial charge in [-0.1, -0.05) is 0 Å². The molecule has 8 heteroatoms. The SMILES string of the molecule is Cc1nnnn1-c1ccc(C(=O)N2CCOCCC2C)c(F)c1. The maximum absolute atomic E-state index is 14.4. The van der Waals surface area contributed by atoms with Crippen molar-refractivity contribution in [2.75, 3.05) is 19.8 Å². The van der Waals surface area contributed by atoms with Gasteiger partial charge in [-0.15, -0.1) is 5.10 Å². The van der Waals surface area contributed by atoms with Crippen molar-refractivity contribution in [2.24, 2.45) is 0 Å². The van der Waals surface area contributed by atoms with Gasteiger partial charge in [-0.25, -0.2) is 4.39 Å². The van der Waals surface area contributed by atoms with Gasteiger partial charge >= 0.3 is 0 Å². The first-order chi connectivity index (χ1) is 11.1. The van der Waals surface area contributed by atoms with Gasteiger partial charge in [0, 0.05) is 25.3 Å². The molecule has 1 atom stereocenters. The van der Waals surface area contributed by atoms with Gasteiger partial charge in [0.1, 0.15) is 5.82 Å². The molecule has 7 nitrogen and oxygen atoms in total. The molecule has 0 spiro atoms. The number of halogens is 1. The number of hydrogen-bond donors (Lipinski definition) is 0. The highest BCUT2D eigenvalue weighted by molar-refractivity contribution is 5.95. The second-order valence-corrected chi connectivity index (χ2v) is 5.55. The molecule has 0 bridgehead atoms. The maximum Gasteiger partial charge on any atom is 0.257 e. The highest BCUT2D eigenvalue weighted by atomic mass is 19.1. The van der Waals surface area contributed by atoms with E-state index in [4.69, 9.17) is 4.74 Å². The molecule has 0 aliphatic carbocycles. The normalized spacial score (nSPS) is 18.7. The predicted molar refractivity (Wildman–Crippen MR) is 79.8 cm³/mol. The van der Waals surface area contributed by atoms with Crippen molar-refractivity contribution in [2.45, 2.75) is 26.3 Å².